The van der Waals surface area contributed by atoms with Crippen molar-refractivity contribution >= 4 is 45.5 Å². The lowest BCUT2D eigenvalue weighted by Gasteiger charge is -2.12. The molecular weight excluding hydrogens is 483 g/mol. The molecule has 0 fully saturated rings. The summed E-state index contributed by atoms with van der Waals surface area (Å²) in [5, 5.41) is 26.1. The number of anilines is 2. The summed E-state index contributed by atoms with van der Waals surface area (Å²) in [5.74, 6) is 1.27. The maximum absolute atomic E-state index is 10.1. The van der Waals surface area contributed by atoms with E-state index in [1.165, 1.54) is 0 Å². The Morgan fingerprint density at radius 1 is 1.21 bits per heavy atom. The summed E-state index contributed by atoms with van der Waals surface area (Å²) in [6, 6.07) is 5.47. The van der Waals surface area contributed by atoms with Gasteiger partial charge in [-0.15, -0.1) is 0 Å². The van der Waals surface area contributed by atoms with E-state index >= 15 is 0 Å². The van der Waals surface area contributed by atoms with Crippen molar-refractivity contribution in [2.75, 3.05) is 17.2 Å². The number of imidazole rings is 1. The Balaban J connectivity index is 1.89. The molecule has 9 heteroatoms. The number of aliphatic hydroxyl groups is 1. The van der Waals surface area contributed by atoms with E-state index in [1.54, 1.807) is 19.3 Å². The van der Waals surface area contributed by atoms with Gasteiger partial charge in [0.15, 0.2) is 17.0 Å². The number of halogens is 1. The molecule has 0 radical (unpaired) electrons. The average molecular weight is 510 g/mol. The number of nitrogens with zero attached hydrogens (tertiary/aromatic N) is 4. The van der Waals surface area contributed by atoms with Gasteiger partial charge in [-0.25, -0.2) is 4.98 Å². The lowest BCUT2D eigenvalue weighted by molar-refractivity contribution is 0.208. The highest BCUT2D eigenvalue weighted by Gasteiger charge is 2.14. The van der Waals surface area contributed by atoms with Crippen LogP contribution in [-0.4, -0.2) is 42.4 Å². The molecule has 1 unspecified atom stereocenters. The molecule has 0 saturated carbocycles. The molecule has 2 heterocycles. The van der Waals surface area contributed by atoms with Gasteiger partial charge in [-0.1, -0.05) is 19.8 Å². The summed E-state index contributed by atoms with van der Waals surface area (Å²) in [6.07, 6.45) is 4.64. The highest BCUT2D eigenvalue weighted by molar-refractivity contribution is 14.1. The van der Waals surface area contributed by atoms with Crippen LogP contribution >= 0.6 is 22.6 Å². The standard InChI is InChI=1S/C20H27IN6O2/c1-3-4-5-8-27-12-24-17-18(22-11-14-9-15(21)6-7-16(14)29)25-20(26-19(17)27)23-10-13(2)28/h6-7,9,12-13,28-29H,3-5,8,10-11H2,1-2H3,(H2,22,23,25,26). The molecule has 0 bridgehead atoms. The summed E-state index contributed by atoms with van der Waals surface area (Å²) in [4.78, 5) is 13.7. The molecule has 0 aliphatic heterocycles. The van der Waals surface area contributed by atoms with Crippen molar-refractivity contribution in [3.05, 3.63) is 33.7 Å². The van der Waals surface area contributed by atoms with Crippen molar-refractivity contribution < 1.29 is 10.2 Å². The molecule has 0 saturated heterocycles. The monoisotopic (exact) mass is 510 g/mol. The van der Waals surface area contributed by atoms with E-state index in [9.17, 15) is 10.2 Å². The molecule has 1 aromatic carbocycles. The number of phenols is 1. The van der Waals surface area contributed by atoms with Crippen LogP contribution < -0.4 is 10.6 Å². The van der Waals surface area contributed by atoms with Crippen LogP contribution in [0.25, 0.3) is 11.2 Å². The number of aromatic nitrogens is 4. The minimum Gasteiger partial charge on any atom is -0.508 e. The van der Waals surface area contributed by atoms with Gasteiger partial charge in [-0.05, 0) is 54.1 Å². The Kier molecular flexibility index (Phi) is 7.48. The van der Waals surface area contributed by atoms with Crippen molar-refractivity contribution in [3.8, 4) is 5.75 Å². The number of phenolic OH excluding ortho intramolecular Hbond substituents is 1. The van der Waals surface area contributed by atoms with E-state index in [4.69, 9.17) is 0 Å². The fourth-order valence-electron chi connectivity index (χ4n) is 2.96. The third-order valence-electron chi connectivity index (χ3n) is 4.51. The molecule has 8 nitrogen and oxygen atoms in total. The highest BCUT2D eigenvalue weighted by atomic mass is 127. The zero-order valence-corrected chi connectivity index (χ0v) is 18.8. The smallest absolute Gasteiger partial charge is 0.226 e. The predicted octanol–water partition coefficient (Wildman–Crippen LogP) is 3.73. The third kappa shape index (κ3) is 5.69. The van der Waals surface area contributed by atoms with Crippen molar-refractivity contribution in [1.82, 2.24) is 19.5 Å². The number of aliphatic hydroxyl groups excluding tert-OH is 1. The second-order valence-electron chi connectivity index (χ2n) is 7.07. The number of unbranched alkanes of at least 4 members (excludes halogenated alkanes) is 2. The van der Waals surface area contributed by atoms with E-state index in [0.29, 0.717) is 30.4 Å². The normalized spacial score (nSPS) is 12.3. The maximum Gasteiger partial charge on any atom is 0.226 e. The summed E-state index contributed by atoms with van der Waals surface area (Å²) in [5.41, 5.74) is 2.22. The molecular formula is C20H27IN6O2. The third-order valence-corrected chi connectivity index (χ3v) is 5.18. The van der Waals surface area contributed by atoms with Gasteiger partial charge in [0, 0.05) is 28.8 Å². The molecule has 0 aliphatic rings. The van der Waals surface area contributed by atoms with Crippen molar-refractivity contribution in [1.29, 1.82) is 0 Å². The van der Waals surface area contributed by atoms with Crippen LogP contribution in [-0.2, 0) is 13.1 Å². The van der Waals surface area contributed by atoms with Crippen LogP contribution in [0.5, 0.6) is 5.75 Å². The van der Waals surface area contributed by atoms with Gasteiger partial charge in [-0.3, -0.25) is 0 Å². The van der Waals surface area contributed by atoms with E-state index in [2.05, 4.69) is 55.1 Å². The number of fused-ring (bicyclic) bond motifs is 1. The molecule has 156 valence electrons. The molecule has 1 atom stereocenters. The Labute approximate surface area is 183 Å². The summed E-state index contributed by atoms with van der Waals surface area (Å²) < 4.78 is 3.08. The number of rotatable bonds is 10. The quantitative estimate of drug-likeness (QED) is 0.243. The topological polar surface area (TPSA) is 108 Å². The van der Waals surface area contributed by atoms with Gasteiger partial charge in [0.1, 0.15) is 5.75 Å². The maximum atomic E-state index is 10.1. The lowest BCUT2D eigenvalue weighted by Crippen LogP contribution is -2.17. The fourth-order valence-corrected chi connectivity index (χ4v) is 3.51. The highest BCUT2D eigenvalue weighted by Crippen LogP contribution is 2.24. The van der Waals surface area contributed by atoms with Gasteiger partial charge >= 0.3 is 0 Å². The van der Waals surface area contributed by atoms with E-state index in [1.807, 2.05) is 16.7 Å². The summed E-state index contributed by atoms with van der Waals surface area (Å²) in [6.45, 7) is 5.49. The van der Waals surface area contributed by atoms with Crippen molar-refractivity contribution in [3.63, 3.8) is 0 Å². The van der Waals surface area contributed by atoms with Gasteiger partial charge in [0.05, 0.1) is 12.4 Å². The molecule has 0 spiro atoms. The second-order valence-corrected chi connectivity index (χ2v) is 8.32. The van der Waals surface area contributed by atoms with Crippen LogP contribution in [0.15, 0.2) is 24.5 Å². The fraction of sp³-hybridized carbons (Fsp3) is 0.450. The summed E-state index contributed by atoms with van der Waals surface area (Å²) in [7, 11) is 0. The minimum atomic E-state index is -0.511. The number of nitrogens with one attached hydrogen (secondary N) is 2. The minimum absolute atomic E-state index is 0.237. The van der Waals surface area contributed by atoms with Crippen LogP contribution in [0.4, 0.5) is 11.8 Å². The molecule has 2 aromatic heterocycles. The number of benzene rings is 1. The van der Waals surface area contributed by atoms with Crippen LogP contribution in [0.3, 0.4) is 0 Å². The first kappa shape index (κ1) is 21.6. The van der Waals surface area contributed by atoms with Gasteiger partial charge in [0.25, 0.3) is 0 Å². The van der Waals surface area contributed by atoms with Crippen molar-refractivity contribution in [2.45, 2.75) is 52.3 Å². The average Bonchev–Trinajstić information content (AvgIpc) is 3.10. The zero-order chi connectivity index (χ0) is 20.8. The molecule has 0 amide bonds. The molecule has 3 rings (SSSR count). The predicted molar refractivity (Wildman–Crippen MR) is 123 cm³/mol. The first-order valence-corrected chi connectivity index (χ1v) is 10.9. The number of aromatic hydroxyl groups is 1. The van der Waals surface area contributed by atoms with Crippen LogP contribution in [0, 0.1) is 3.57 Å². The van der Waals surface area contributed by atoms with Crippen molar-refractivity contribution in [2.24, 2.45) is 0 Å². The number of aryl methyl sites for hydroxylation is 1. The SMILES string of the molecule is CCCCCn1cnc2c(NCc3cc(I)ccc3O)nc(NCC(C)O)nc21. The molecule has 0 aliphatic carbocycles. The Hall–Kier alpha value is -2.14. The lowest BCUT2D eigenvalue weighted by atomic mass is 10.2. The zero-order valence-electron chi connectivity index (χ0n) is 16.7. The van der Waals surface area contributed by atoms with Gasteiger partial charge < -0.3 is 25.4 Å². The Bertz CT molecular complexity index is 960. The largest absolute Gasteiger partial charge is 0.508 e. The molecule has 3 aromatic rings. The van der Waals surface area contributed by atoms with E-state index in [-0.39, 0.29) is 5.75 Å². The number of hydrogen-bond acceptors (Lipinski definition) is 7. The van der Waals surface area contributed by atoms with Gasteiger partial charge in [0.2, 0.25) is 5.95 Å². The Morgan fingerprint density at radius 2 is 2.03 bits per heavy atom. The number of hydrogen-bond donors (Lipinski definition) is 4. The first-order valence-electron chi connectivity index (χ1n) is 9.84. The Morgan fingerprint density at radius 3 is 2.79 bits per heavy atom. The molecule has 29 heavy (non-hydrogen) atoms. The molecule has 4 N–H and O–H groups in total. The second kappa shape index (κ2) is 10.1. The first-order chi connectivity index (χ1) is 14.0. The van der Waals surface area contributed by atoms with Gasteiger partial charge in [-0.2, -0.15) is 9.97 Å². The summed E-state index contributed by atoms with van der Waals surface area (Å²) >= 11 is 2.22. The van der Waals surface area contributed by atoms with E-state index < -0.39 is 6.10 Å². The van der Waals surface area contributed by atoms with Crippen LogP contribution in [0.1, 0.15) is 38.7 Å². The van der Waals surface area contributed by atoms with E-state index in [0.717, 1.165) is 40.6 Å². The van der Waals surface area contributed by atoms with Crippen LogP contribution in [0.2, 0.25) is 0 Å².